The van der Waals surface area contributed by atoms with E-state index in [-0.39, 0.29) is 12.5 Å². The number of amides is 2. The van der Waals surface area contributed by atoms with Gasteiger partial charge in [0, 0.05) is 13.6 Å². The van der Waals surface area contributed by atoms with Crippen LogP contribution in [0.4, 0.5) is 0 Å². The first-order valence-corrected chi connectivity index (χ1v) is 22.3. The van der Waals surface area contributed by atoms with E-state index in [2.05, 4.69) is 53.2 Å². The van der Waals surface area contributed by atoms with E-state index in [1.807, 2.05) is 0 Å². The van der Waals surface area contributed by atoms with E-state index in [0.29, 0.717) is 13.3 Å². The van der Waals surface area contributed by atoms with Crippen LogP contribution in [0, 0.1) is 0 Å². The third-order valence-corrected chi connectivity index (χ3v) is 5.17. The minimum absolute atomic E-state index is 0.145. The molecule has 0 saturated heterocycles. The van der Waals surface area contributed by atoms with Gasteiger partial charge >= 0.3 is 50.5 Å². The van der Waals surface area contributed by atoms with E-state index in [1.54, 1.807) is 27.8 Å². The number of halogens is 3. The van der Waals surface area contributed by atoms with Crippen LogP contribution in [0.3, 0.4) is 0 Å². The van der Waals surface area contributed by atoms with Crippen molar-refractivity contribution in [3.63, 3.8) is 0 Å². The van der Waals surface area contributed by atoms with Crippen LogP contribution in [0.15, 0.2) is 0 Å². The van der Waals surface area contributed by atoms with E-state index < -0.39 is 39.7 Å². The second-order valence-corrected chi connectivity index (χ2v) is 24.9. The number of carbonyl (C=O) groups is 2. The average Bonchev–Trinajstić information content (AvgIpc) is 2.54. The molecule has 164 valence electrons. The van der Waals surface area contributed by atoms with E-state index >= 15 is 0 Å². The molecule has 0 bridgehead atoms. The van der Waals surface area contributed by atoms with Crippen molar-refractivity contribution in [2.45, 2.75) is 51.4 Å². The number of aliphatic hydroxyl groups is 1. The van der Waals surface area contributed by atoms with Crippen molar-refractivity contribution in [3.05, 3.63) is 0 Å². The van der Waals surface area contributed by atoms with Gasteiger partial charge < -0.3 is 21.1 Å². The van der Waals surface area contributed by atoms with Crippen LogP contribution in [-0.2, 0) is 19.6 Å². The normalized spacial score (nSPS) is 15.4. The van der Waals surface area contributed by atoms with Crippen molar-refractivity contribution in [1.82, 2.24) is 20.3 Å². The molecule has 0 aliphatic carbocycles. The molecule has 27 heavy (non-hydrogen) atoms. The summed E-state index contributed by atoms with van der Waals surface area (Å²) in [5, 5.41) is 18.0. The molecule has 0 aromatic carbocycles. The van der Waals surface area contributed by atoms with Crippen molar-refractivity contribution in [2.75, 3.05) is 26.9 Å². The van der Waals surface area contributed by atoms with Gasteiger partial charge in [-0.25, -0.2) is 12.7 Å². The molecule has 0 radical (unpaired) electrons. The van der Waals surface area contributed by atoms with Gasteiger partial charge in [-0.2, -0.15) is 0 Å². The van der Waals surface area contributed by atoms with Crippen molar-refractivity contribution >= 4 is 59.1 Å². The van der Waals surface area contributed by atoms with Gasteiger partial charge in [-0.1, -0.05) is 0 Å². The Morgan fingerprint density at radius 3 is 2.04 bits per heavy atom. The Labute approximate surface area is 192 Å². The molecule has 0 heterocycles. The molecule has 0 aliphatic rings. The van der Waals surface area contributed by atoms with Gasteiger partial charge in [0.2, 0.25) is 21.8 Å². The molecule has 0 unspecified atom stereocenters. The molecule has 0 aromatic heterocycles. The maximum atomic E-state index is 12.1. The summed E-state index contributed by atoms with van der Waals surface area (Å²) in [7, 11) is -0.432. The van der Waals surface area contributed by atoms with E-state index in [1.165, 1.54) is 14.0 Å². The quantitative estimate of drug-likeness (QED) is 0.187. The van der Waals surface area contributed by atoms with Gasteiger partial charge in [0.1, 0.15) is 6.04 Å². The Morgan fingerprint density at radius 2 is 1.67 bits per heavy atom. The first kappa shape index (κ1) is 30.2. The summed E-state index contributed by atoms with van der Waals surface area (Å²) in [4.78, 5) is 24.1. The number of aliphatic hydroxyl groups excluding tert-OH is 1. The summed E-state index contributed by atoms with van der Waals surface area (Å²) in [6.07, 6.45) is -0.0466. The van der Waals surface area contributed by atoms with Gasteiger partial charge in [-0.15, -0.1) is 0 Å². The minimum atomic E-state index is -3.41. The van der Waals surface area contributed by atoms with E-state index in [0.717, 1.165) is 10.6 Å². The topological polar surface area (TPSA) is 128 Å². The zero-order valence-electron chi connectivity index (χ0n) is 16.5. The standard InChI is InChI=1S/C14H30N4O5S.I3/c1-9(11(19)8-18(6)24(7,22)23)16-12(20)10(2)17-13(21)14(3,4)15-5;1-3-2/h9-11,15,19H,8H2,1-7H3,(H,16,20)(H,17,21);/q;-1/t9-,10-,11+;/m0./s1. The number of nitrogens with one attached hydrogen (secondary N) is 3. The SMILES string of the molecule is CNC(C)(C)C(=O)N[C@@H](C)C(=O)N[C@@H](C)[C@H](O)CN(C)S(C)(=O)=O.I[I-]I. The van der Waals surface area contributed by atoms with Crippen molar-refractivity contribution < 1.29 is 36.4 Å². The van der Waals surface area contributed by atoms with Crippen molar-refractivity contribution in [2.24, 2.45) is 0 Å². The molecule has 0 spiro atoms. The predicted octanol–water partition coefficient (Wildman–Crippen LogP) is -2.98. The molecule has 0 fully saturated rings. The number of nitrogens with zero attached hydrogens (tertiary/aromatic N) is 1. The molecular weight excluding hydrogens is 717 g/mol. The molecule has 13 heteroatoms. The van der Waals surface area contributed by atoms with Crippen LogP contribution in [0.25, 0.3) is 0 Å². The summed E-state index contributed by atoms with van der Waals surface area (Å²) in [6.45, 7) is 6.31. The molecule has 3 atom stereocenters. The van der Waals surface area contributed by atoms with Gasteiger partial charge in [-0.05, 0) is 34.7 Å². The van der Waals surface area contributed by atoms with Gasteiger partial charge in [0.25, 0.3) is 0 Å². The van der Waals surface area contributed by atoms with Crippen LogP contribution in [0.1, 0.15) is 27.7 Å². The summed E-state index contributed by atoms with van der Waals surface area (Å²) >= 11 is 5.30. The van der Waals surface area contributed by atoms with Gasteiger partial charge in [0.05, 0.1) is 23.9 Å². The summed E-state index contributed by atoms with van der Waals surface area (Å²) < 4.78 is 23.7. The first-order valence-electron chi connectivity index (χ1n) is 7.90. The fourth-order valence-electron chi connectivity index (χ4n) is 1.56. The number of likely N-dealkylation sites (N-methyl/N-ethyl adjacent to an activating group) is 2. The molecule has 0 aromatic rings. The Hall–Kier alpha value is 0.960. The number of hydrogen-bond acceptors (Lipinski definition) is 6. The Kier molecular flexibility index (Phi) is 15.7. The Bertz CT molecular complexity index is 577. The number of hydrogen-bond donors (Lipinski definition) is 4. The third kappa shape index (κ3) is 13.0. The fourth-order valence-corrected chi connectivity index (χ4v) is 1.98. The van der Waals surface area contributed by atoms with Crippen LogP contribution >= 0.6 is 37.2 Å². The molecule has 2 amide bonds. The molecule has 4 N–H and O–H groups in total. The summed E-state index contributed by atoms with van der Waals surface area (Å²) in [5.74, 6) is -0.804. The second-order valence-electron chi connectivity index (χ2n) is 6.53. The molecular formula is C14H30I3N4O5S-. The van der Waals surface area contributed by atoms with Crippen LogP contribution in [-0.4, -0.2) is 80.3 Å². The maximum absolute atomic E-state index is 12.1. The average molecular weight is 747 g/mol. The first-order chi connectivity index (χ1) is 12.1. The number of rotatable bonds is 9. The van der Waals surface area contributed by atoms with Crippen LogP contribution < -0.4 is 29.2 Å². The summed E-state index contributed by atoms with van der Waals surface area (Å²) in [5.41, 5.74) is -0.822. The fraction of sp³-hybridized carbons (Fsp3) is 0.857. The van der Waals surface area contributed by atoms with Crippen molar-refractivity contribution in [3.8, 4) is 0 Å². The predicted molar refractivity (Wildman–Crippen MR) is 120 cm³/mol. The van der Waals surface area contributed by atoms with Crippen molar-refractivity contribution in [1.29, 1.82) is 0 Å². The zero-order chi connectivity index (χ0) is 22.0. The third-order valence-electron chi connectivity index (χ3n) is 3.89. The molecule has 0 aliphatic heterocycles. The van der Waals surface area contributed by atoms with Gasteiger partial charge in [0.15, 0.2) is 0 Å². The monoisotopic (exact) mass is 747 g/mol. The van der Waals surface area contributed by atoms with Gasteiger partial charge in [-0.3, -0.25) is 9.59 Å². The van der Waals surface area contributed by atoms with E-state index in [4.69, 9.17) is 0 Å². The van der Waals surface area contributed by atoms with Crippen LogP contribution in [0.5, 0.6) is 0 Å². The zero-order valence-corrected chi connectivity index (χ0v) is 23.8. The molecule has 9 nitrogen and oxygen atoms in total. The second kappa shape index (κ2) is 14.1. The Balaban J connectivity index is 0. The Morgan fingerprint density at radius 1 is 1.22 bits per heavy atom. The molecule has 0 rings (SSSR count). The number of carbonyl (C=O) groups excluding carboxylic acids is 2. The molecule has 0 saturated carbocycles. The van der Waals surface area contributed by atoms with Crippen LogP contribution in [0.2, 0.25) is 0 Å². The van der Waals surface area contributed by atoms with E-state index in [9.17, 15) is 23.1 Å². The number of sulfonamides is 1. The summed E-state index contributed by atoms with van der Waals surface area (Å²) in [6, 6.07) is -1.48.